The number of fused-ring (bicyclic) bond motifs is 1. The Hall–Kier alpha value is -6.63. The van der Waals surface area contributed by atoms with Crippen LogP contribution in [0.25, 0.3) is 78.1 Å². The van der Waals surface area contributed by atoms with Crippen molar-refractivity contribution in [2.24, 2.45) is 0 Å². The molecule has 0 radical (unpaired) electrons. The molecule has 3 nitrogen and oxygen atoms in total. The molecule has 3 heteroatoms. The monoisotopic (exact) mass is 625 g/mol. The summed E-state index contributed by atoms with van der Waals surface area (Å²) in [6.07, 6.45) is 0. The molecule has 0 spiro atoms. The summed E-state index contributed by atoms with van der Waals surface area (Å²) in [5, 5.41) is 12.0. The number of nitriles is 1. The molecule has 8 aromatic rings. The van der Waals surface area contributed by atoms with E-state index in [-0.39, 0.29) is 0 Å². The lowest BCUT2D eigenvalue weighted by Gasteiger charge is -2.15. The summed E-state index contributed by atoms with van der Waals surface area (Å²) in [7, 11) is 0. The van der Waals surface area contributed by atoms with E-state index < -0.39 is 0 Å². The Morgan fingerprint density at radius 3 is 1.33 bits per heavy atom. The average Bonchev–Trinajstić information content (AvgIpc) is 3.18. The summed E-state index contributed by atoms with van der Waals surface area (Å²) in [6.45, 7) is 2.11. The quantitative estimate of drug-likeness (QED) is 0.185. The fraction of sp³-hybridized carbons (Fsp3) is 0.0217. The second-order valence-electron chi connectivity index (χ2n) is 12.1. The molecule has 0 unspecified atom stereocenters. The fourth-order valence-corrected chi connectivity index (χ4v) is 6.66. The Bertz CT molecular complexity index is 2480. The highest BCUT2D eigenvalue weighted by atomic mass is 14.9. The van der Waals surface area contributed by atoms with Crippen molar-refractivity contribution in [2.75, 3.05) is 0 Å². The molecule has 230 valence electrons. The minimum absolute atomic E-state index is 0.680. The fourth-order valence-electron chi connectivity index (χ4n) is 6.66. The Balaban J connectivity index is 1.17. The first-order chi connectivity index (χ1) is 24.2. The molecule has 1 aromatic heterocycles. The zero-order valence-corrected chi connectivity index (χ0v) is 27.0. The van der Waals surface area contributed by atoms with Gasteiger partial charge in [0.2, 0.25) is 0 Å². The lowest BCUT2D eigenvalue weighted by atomic mass is 9.90. The van der Waals surface area contributed by atoms with Gasteiger partial charge >= 0.3 is 0 Å². The Morgan fingerprint density at radius 1 is 0.388 bits per heavy atom. The molecule has 0 saturated carbocycles. The summed E-state index contributed by atoms with van der Waals surface area (Å²) in [5.41, 5.74) is 13.3. The minimum atomic E-state index is 0.680. The van der Waals surface area contributed by atoms with Gasteiger partial charge in [-0.15, -0.1) is 0 Å². The van der Waals surface area contributed by atoms with Crippen molar-refractivity contribution in [1.29, 1.82) is 5.26 Å². The van der Waals surface area contributed by atoms with Gasteiger partial charge in [0.05, 0.1) is 23.0 Å². The summed E-state index contributed by atoms with van der Waals surface area (Å²) in [4.78, 5) is 10.1. The molecular formula is C46H31N3. The van der Waals surface area contributed by atoms with Gasteiger partial charge in [0.25, 0.3) is 0 Å². The van der Waals surface area contributed by atoms with Gasteiger partial charge in [-0.1, -0.05) is 164 Å². The van der Waals surface area contributed by atoms with E-state index in [9.17, 15) is 5.26 Å². The van der Waals surface area contributed by atoms with Gasteiger partial charge in [0, 0.05) is 22.3 Å². The number of hydrogen-bond donors (Lipinski definition) is 0. The molecule has 0 aliphatic carbocycles. The van der Waals surface area contributed by atoms with Gasteiger partial charge in [-0.25, -0.2) is 9.97 Å². The average molecular weight is 626 g/mol. The number of nitrogens with zero attached hydrogens (tertiary/aromatic N) is 3. The maximum atomic E-state index is 9.59. The molecule has 0 bridgehead atoms. The van der Waals surface area contributed by atoms with E-state index in [1.54, 1.807) is 0 Å². The molecule has 49 heavy (non-hydrogen) atoms. The number of hydrogen-bond acceptors (Lipinski definition) is 3. The van der Waals surface area contributed by atoms with Gasteiger partial charge < -0.3 is 0 Å². The van der Waals surface area contributed by atoms with E-state index in [1.807, 2.05) is 60.7 Å². The minimum Gasteiger partial charge on any atom is -0.228 e. The van der Waals surface area contributed by atoms with Crippen molar-refractivity contribution in [3.63, 3.8) is 0 Å². The van der Waals surface area contributed by atoms with Crippen LogP contribution in [-0.2, 0) is 0 Å². The predicted octanol–water partition coefficient (Wildman–Crippen LogP) is 11.8. The van der Waals surface area contributed by atoms with Gasteiger partial charge in [-0.2, -0.15) is 5.26 Å². The van der Waals surface area contributed by atoms with Crippen LogP contribution in [0.2, 0.25) is 0 Å². The van der Waals surface area contributed by atoms with E-state index >= 15 is 0 Å². The lowest BCUT2D eigenvalue weighted by molar-refractivity contribution is 1.15. The molecular weight excluding hydrogens is 595 g/mol. The third-order valence-corrected chi connectivity index (χ3v) is 9.17. The van der Waals surface area contributed by atoms with Crippen molar-refractivity contribution in [3.05, 3.63) is 181 Å². The van der Waals surface area contributed by atoms with E-state index in [0.717, 1.165) is 55.9 Å². The third-order valence-electron chi connectivity index (χ3n) is 9.17. The first-order valence-corrected chi connectivity index (χ1v) is 16.4. The highest BCUT2D eigenvalue weighted by Crippen LogP contribution is 2.38. The van der Waals surface area contributed by atoms with Crippen LogP contribution in [0, 0.1) is 18.3 Å². The SMILES string of the molecule is Cc1c(-c2ccccc2)nc(-c2ccccc2)nc1-c1ccc(-c2ccc(-c3ccc(-c4ccccc4C#N)cc3)c3ccccc23)cc1. The topological polar surface area (TPSA) is 49.6 Å². The summed E-state index contributed by atoms with van der Waals surface area (Å²) < 4.78 is 0. The Kier molecular flexibility index (Phi) is 7.82. The zero-order chi connectivity index (χ0) is 33.2. The Morgan fingerprint density at radius 2 is 0.796 bits per heavy atom. The van der Waals surface area contributed by atoms with Crippen molar-refractivity contribution in [2.45, 2.75) is 6.92 Å². The largest absolute Gasteiger partial charge is 0.228 e. The van der Waals surface area contributed by atoms with Crippen molar-refractivity contribution in [1.82, 2.24) is 9.97 Å². The van der Waals surface area contributed by atoms with Gasteiger partial charge in [-0.3, -0.25) is 0 Å². The van der Waals surface area contributed by atoms with E-state index in [1.165, 1.54) is 21.9 Å². The standard InChI is InChI=1S/C46H31N3/c1-31-44(35-12-4-2-5-13-35)48-46(37-14-6-3-7-15-37)49-45(31)36-26-24-34(25-27-36)41-29-28-40(42-18-10-11-19-43(41)42)33-22-20-32(21-23-33)39-17-9-8-16-38(39)30-47/h2-29H,1H3. The van der Waals surface area contributed by atoms with E-state index in [2.05, 4.69) is 122 Å². The molecule has 0 amide bonds. The number of rotatable bonds is 6. The highest BCUT2D eigenvalue weighted by Gasteiger charge is 2.16. The van der Waals surface area contributed by atoms with Crippen LogP contribution in [0.1, 0.15) is 11.1 Å². The van der Waals surface area contributed by atoms with Crippen LogP contribution < -0.4 is 0 Å². The second-order valence-corrected chi connectivity index (χ2v) is 12.1. The summed E-state index contributed by atoms with van der Waals surface area (Å²) >= 11 is 0. The maximum absolute atomic E-state index is 9.59. The first-order valence-electron chi connectivity index (χ1n) is 16.4. The third kappa shape index (κ3) is 5.67. The van der Waals surface area contributed by atoms with E-state index in [0.29, 0.717) is 11.4 Å². The van der Waals surface area contributed by atoms with Gasteiger partial charge in [0.1, 0.15) is 0 Å². The lowest BCUT2D eigenvalue weighted by Crippen LogP contribution is -2.00. The smallest absolute Gasteiger partial charge is 0.160 e. The summed E-state index contributed by atoms with van der Waals surface area (Å²) in [6, 6.07) is 60.9. The molecule has 8 rings (SSSR count). The number of aromatic nitrogens is 2. The van der Waals surface area contributed by atoms with Crippen LogP contribution in [-0.4, -0.2) is 9.97 Å². The van der Waals surface area contributed by atoms with Gasteiger partial charge in [-0.05, 0) is 57.1 Å². The van der Waals surface area contributed by atoms with Gasteiger partial charge in [0.15, 0.2) is 5.82 Å². The first kappa shape index (κ1) is 29.8. The molecule has 0 aliphatic rings. The van der Waals surface area contributed by atoms with Crippen molar-refractivity contribution < 1.29 is 0 Å². The molecule has 0 fully saturated rings. The highest BCUT2D eigenvalue weighted by molar-refractivity contribution is 6.05. The molecule has 0 N–H and O–H groups in total. The van der Waals surface area contributed by atoms with Crippen molar-refractivity contribution >= 4 is 10.8 Å². The Labute approximate surface area is 286 Å². The molecule has 1 heterocycles. The maximum Gasteiger partial charge on any atom is 0.160 e. The zero-order valence-electron chi connectivity index (χ0n) is 27.0. The van der Waals surface area contributed by atoms with Crippen LogP contribution in [0.4, 0.5) is 0 Å². The van der Waals surface area contributed by atoms with Crippen molar-refractivity contribution in [3.8, 4) is 73.4 Å². The molecule has 0 aliphatic heterocycles. The van der Waals surface area contributed by atoms with Crippen LogP contribution in [0.15, 0.2) is 170 Å². The normalized spacial score (nSPS) is 10.9. The molecule has 0 atom stereocenters. The van der Waals surface area contributed by atoms with Crippen LogP contribution in [0.3, 0.4) is 0 Å². The molecule has 7 aromatic carbocycles. The van der Waals surface area contributed by atoms with Crippen LogP contribution in [0.5, 0.6) is 0 Å². The number of benzene rings is 7. The predicted molar refractivity (Wildman–Crippen MR) is 202 cm³/mol. The summed E-state index contributed by atoms with van der Waals surface area (Å²) in [5.74, 6) is 0.716. The second kappa shape index (κ2) is 12.9. The van der Waals surface area contributed by atoms with Crippen LogP contribution >= 0.6 is 0 Å². The van der Waals surface area contributed by atoms with E-state index in [4.69, 9.17) is 9.97 Å². The molecule has 0 saturated heterocycles.